The molecule has 1 aromatic carbocycles. The number of aromatic nitrogens is 2. The smallest absolute Gasteiger partial charge is 0.101 e. The third-order valence-electron chi connectivity index (χ3n) is 2.67. The molecular weight excluding hydrogens is 224 g/mol. The number of aryl methyl sites for hydroxylation is 1. The maximum atomic E-state index is 8.98. The van der Waals surface area contributed by atoms with Gasteiger partial charge in [0.15, 0.2) is 0 Å². The fourth-order valence-electron chi connectivity index (χ4n) is 1.78. The molecule has 0 amide bonds. The summed E-state index contributed by atoms with van der Waals surface area (Å²) < 4.78 is 1.94. The average molecular weight is 240 g/mol. The summed E-state index contributed by atoms with van der Waals surface area (Å²) in [4.78, 5) is 0. The molecule has 4 nitrogen and oxygen atoms in total. The van der Waals surface area contributed by atoms with Crippen LogP contribution < -0.4 is 5.32 Å². The number of hydrogen-bond donors (Lipinski definition) is 1. The Morgan fingerprint density at radius 1 is 1.39 bits per heavy atom. The lowest BCUT2D eigenvalue weighted by molar-refractivity contribution is 0.602. The molecule has 0 bridgehead atoms. The predicted molar refractivity (Wildman–Crippen MR) is 71.0 cm³/mol. The quantitative estimate of drug-likeness (QED) is 0.874. The summed E-state index contributed by atoms with van der Waals surface area (Å²) >= 11 is 0. The van der Waals surface area contributed by atoms with Crippen LogP contribution in [0, 0.1) is 11.3 Å². The highest BCUT2D eigenvalue weighted by Crippen LogP contribution is 2.14. The Hall–Kier alpha value is -2.28. The van der Waals surface area contributed by atoms with E-state index in [9.17, 15) is 0 Å². The van der Waals surface area contributed by atoms with E-state index >= 15 is 0 Å². The van der Waals surface area contributed by atoms with E-state index in [1.165, 1.54) is 0 Å². The molecule has 0 aliphatic heterocycles. The third kappa shape index (κ3) is 2.89. The van der Waals surface area contributed by atoms with Crippen LogP contribution in [0.1, 0.15) is 24.5 Å². The van der Waals surface area contributed by atoms with Gasteiger partial charge in [0.25, 0.3) is 0 Å². The first-order valence-corrected chi connectivity index (χ1v) is 6.08. The van der Waals surface area contributed by atoms with Crippen LogP contribution in [0.15, 0.2) is 36.7 Å². The second-order valence-corrected chi connectivity index (χ2v) is 4.12. The maximum absolute atomic E-state index is 8.98. The van der Waals surface area contributed by atoms with Gasteiger partial charge in [0.05, 0.1) is 17.4 Å². The molecule has 0 atom stereocenters. The van der Waals surface area contributed by atoms with Crippen molar-refractivity contribution in [3.05, 3.63) is 47.8 Å². The van der Waals surface area contributed by atoms with Crippen molar-refractivity contribution in [2.24, 2.45) is 0 Å². The van der Waals surface area contributed by atoms with Crippen molar-refractivity contribution in [2.45, 2.75) is 26.4 Å². The van der Waals surface area contributed by atoms with Crippen molar-refractivity contribution in [3.8, 4) is 6.07 Å². The van der Waals surface area contributed by atoms with E-state index in [-0.39, 0.29) is 0 Å². The van der Waals surface area contributed by atoms with E-state index in [1.54, 1.807) is 0 Å². The van der Waals surface area contributed by atoms with Crippen molar-refractivity contribution in [1.82, 2.24) is 9.78 Å². The molecule has 1 heterocycles. The summed E-state index contributed by atoms with van der Waals surface area (Å²) in [6.07, 6.45) is 4.97. The van der Waals surface area contributed by atoms with Gasteiger partial charge in [0, 0.05) is 24.8 Å². The van der Waals surface area contributed by atoms with Crippen molar-refractivity contribution < 1.29 is 0 Å². The number of nitrogens with zero attached hydrogens (tertiary/aromatic N) is 3. The lowest BCUT2D eigenvalue weighted by Crippen LogP contribution is -2.00. The van der Waals surface area contributed by atoms with Crippen molar-refractivity contribution in [3.63, 3.8) is 0 Å². The van der Waals surface area contributed by atoms with Crippen LogP contribution in [-0.4, -0.2) is 9.78 Å². The van der Waals surface area contributed by atoms with Crippen LogP contribution in [0.4, 0.5) is 5.69 Å². The summed E-state index contributed by atoms with van der Waals surface area (Å²) in [5.41, 5.74) is 2.65. The number of rotatable bonds is 5. The maximum Gasteiger partial charge on any atom is 0.101 e. The SMILES string of the molecule is CCCn1cc(CNc2ccccc2C#N)cn1. The van der Waals surface area contributed by atoms with Crippen LogP contribution >= 0.6 is 0 Å². The zero-order valence-electron chi connectivity index (χ0n) is 10.4. The Balaban J connectivity index is 2.00. The summed E-state index contributed by atoms with van der Waals surface area (Å²) in [6.45, 7) is 3.75. The van der Waals surface area contributed by atoms with Gasteiger partial charge < -0.3 is 5.32 Å². The van der Waals surface area contributed by atoms with E-state index in [0.29, 0.717) is 12.1 Å². The van der Waals surface area contributed by atoms with Crippen LogP contribution in [0.3, 0.4) is 0 Å². The lowest BCUT2D eigenvalue weighted by atomic mass is 10.2. The van der Waals surface area contributed by atoms with Gasteiger partial charge in [-0.3, -0.25) is 4.68 Å². The van der Waals surface area contributed by atoms with Gasteiger partial charge in [0.1, 0.15) is 6.07 Å². The Morgan fingerprint density at radius 3 is 3.00 bits per heavy atom. The molecule has 92 valence electrons. The molecule has 4 heteroatoms. The molecule has 0 aliphatic carbocycles. The molecule has 1 N–H and O–H groups in total. The van der Waals surface area contributed by atoms with Gasteiger partial charge in [0.2, 0.25) is 0 Å². The Bertz CT molecular complexity index is 551. The Labute approximate surface area is 107 Å². The predicted octanol–water partition coefficient (Wildman–Crippen LogP) is 2.78. The first-order valence-electron chi connectivity index (χ1n) is 6.08. The minimum absolute atomic E-state index is 0.665. The first-order chi connectivity index (χ1) is 8.83. The summed E-state index contributed by atoms with van der Waals surface area (Å²) in [5, 5.41) is 16.5. The number of benzene rings is 1. The lowest BCUT2D eigenvalue weighted by Gasteiger charge is -2.06. The van der Waals surface area contributed by atoms with Crippen LogP contribution in [-0.2, 0) is 13.1 Å². The van der Waals surface area contributed by atoms with Gasteiger partial charge in [-0.05, 0) is 18.6 Å². The molecule has 1 aromatic heterocycles. The van der Waals surface area contributed by atoms with E-state index < -0.39 is 0 Å². The molecular formula is C14H16N4. The van der Waals surface area contributed by atoms with Gasteiger partial charge in [-0.25, -0.2) is 0 Å². The molecule has 0 aliphatic rings. The van der Waals surface area contributed by atoms with Gasteiger partial charge in [-0.1, -0.05) is 19.1 Å². The molecule has 0 saturated carbocycles. The number of hydrogen-bond acceptors (Lipinski definition) is 3. The third-order valence-corrected chi connectivity index (χ3v) is 2.67. The number of nitriles is 1. The highest BCUT2D eigenvalue weighted by Gasteiger charge is 2.01. The Kier molecular flexibility index (Phi) is 3.98. The van der Waals surface area contributed by atoms with E-state index in [4.69, 9.17) is 5.26 Å². The minimum Gasteiger partial charge on any atom is -0.380 e. The number of anilines is 1. The first kappa shape index (κ1) is 12.2. The molecule has 0 spiro atoms. The second-order valence-electron chi connectivity index (χ2n) is 4.12. The van der Waals surface area contributed by atoms with Crippen LogP contribution in [0.5, 0.6) is 0 Å². The van der Waals surface area contributed by atoms with E-state index in [1.807, 2.05) is 41.3 Å². The zero-order chi connectivity index (χ0) is 12.8. The minimum atomic E-state index is 0.665. The molecule has 0 fully saturated rings. The normalized spacial score (nSPS) is 10.0. The molecule has 2 aromatic rings. The zero-order valence-corrected chi connectivity index (χ0v) is 10.4. The monoisotopic (exact) mass is 240 g/mol. The molecule has 0 unspecified atom stereocenters. The second kappa shape index (κ2) is 5.87. The standard InChI is InChI=1S/C14H16N4/c1-2-7-18-11-12(10-17-18)9-16-14-6-4-3-5-13(14)8-15/h3-6,10-11,16H,2,7,9H2,1H3. The van der Waals surface area contributed by atoms with Crippen LogP contribution in [0.2, 0.25) is 0 Å². The van der Waals surface area contributed by atoms with Crippen molar-refractivity contribution in [2.75, 3.05) is 5.32 Å². The average Bonchev–Trinajstić information content (AvgIpc) is 2.85. The summed E-state index contributed by atoms with van der Waals surface area (Å²) in [5.74, 6) is 0. The fraction of sp³-hybridized carbons (Fsp3) is 0.286. The van der Waals surface area contributed by atoms with E-state index in [2.05, 4.69) is 23.4 Å². The fourth-order valence-corrected chi connectivity index (χ4v) is 1.78. The Morgan fingerprint density at radius 2 is 2.22 bits per heavy atom. The van der Waals surface area contributed by atoms with Crippen molar-refractivity contribution >= 4 is 5.69 Å². The molecule has 18 heavy (non-hydrogen) atoms. The summed E-state index contributed by atoms with van der Waals surface area (Å²) in [6, 6.07) is 9.68. The highest BCUT2D eigenvalue weighted by molar-refractivity contribution is 5.57. The number of nitrogens with one attached hydrogen (secondary N) is 1. The van der Waals surface area contributed by atoms with Crippen molar-refractivity contribution in [1.29, 1.82) is 5.26 Å². The molecule has 0 saturated heterocycles. The van der Waals surface area contributed by atoms with Gasteiger partial charge >= 0.3 is 0 Å². The molecule has 2 rings (SSSR count). The largest absolute Gasteiger partial charge is 0.380 e. The molecule has 0 radical (unpaired) electrons. The van der Waals surface area contributed by atoms with E-state index in [0.717, 1.165) is 24.2 Å². The topological polar surface area (TPSA) is 53.6 Å². The summed E-state index contributed by atoms with van der Waals surface area (Å²) in [7, 11) is 0. The number of para-hydroxylation sites is 1. The van der Waals surface area contributed by atoms with Crippen LogP contribution in [0.25, 0.3) is 0 Å². The van der Waals surface area contributed by atoms with Gasteiger partial charge in [-0.2, -0.15) is 10.4 Å². The highest BCUT2D eigenvalue weighted by atomic mass is 15.3. The van der Waals surface area contributed by atoms with Gasteiger partial charge in [-0.15, -0.1) is 0 Å².